The van der Waals surface area contributed by atoms with Gasteiger partial charge in [-0.3, -0.25) is 4.40 Å². The molecule has 0 unspecified atom stereocenters. The number of rotatable bonds is 3. The van der Waals surface area contributed by atoms with Gasteiger partial charge in [-0.15, -0.1) is 0 Å². The van der Waals surface area contributed by atoms with E-state index in [2.05, 4.69) is 4.98 Å². The summed E-state index contributed by atoms with van der Waals surface area (Å²) >= 11 is 0. The monoisotopic (exact) mass is 301 g/mol. The molecule has 4 heteroatoms. The maximum Gasteiger partial charge on any atom is 0.139 e. The van der Waals surface area contributed by atoms with Crippen LogP contribution in [0.3, 0.4) is 0 Å². The average Bonchev–Trinajstić information content (AvgIpc) is 2.93. The van der Waals surface area contributed by atoms with Gasteiger partial charge >= 0.3 is 0 Å². The molecule has 2 heterocycles. The fraction of sp³-hybridized carbons (Fsp3) is 0. The van der Waals surface area contributed by atoms with Crippen LogP contribution in [0.2, 0.25) is 0 Å². The number of aromatic nitrogens is 2. The number of hydrogen-bond acceptors (Lipinski definition) is 3. The van der Waals surface area contributed by atoms with Crippen molar-refractivity contribution in [1.29, 1.82) is 0 Å². The predicted octanol–water partition coefficient (Wildman–Crippen LogP) is 4.38. The SMILES string of the molecule is Nc1c(-c2cccc(Oc3ccccc3)c2)nc2ccccn12. The number of nitrogens with zero attached hydrogens (tertiary/aromatic N) is 2. The van der Waals surface area contributed by atoms with Gasteiger partial charge in [0, 0.05) is 11.8 Å². The highest BCUT2D eigenvalue weighted by molar-refractivity contribution is 5.75. The van der Waals surface area contributed by atoms with Gasteiger partial charge in [0.15, 0.2) is 0 Å². The molecule has 0 bridgehead atoms. The van der Waals surface area contributed by atoms with Crippen molar-refractivity contribution in [2.45, 2.75) is 0 Å². The number of ether oxygens (including phenoxy) is 1. The Hall–Kier alpha value is -3.27. The Morgan fingerprint density at radius 2 is 1.61 bits per heavy atom. The van der Waals surface area contributed by atoms with E-state index in [1.807, 2.05) is 83.4 Å². The molecule has 4 rings (SSSR count). The lowest BCUT2D eigenvalue weighted by Gasteiger charge is -2.07. The summed E-state index contributed by atoms with van der Waals surface area (Å²) in [5.74, 6) is 2.18. The van der Waals surface area contributed by atoms with Gasteiger partial charge in [0.1, 0.15) is 28.7 Å². The highest BCUT2D eigenvalue weighted by atomic mass is 16.5. The number of hydrogen-bond donors (Lipinski definition) is 1. The summed E-state index contributed by atoms with van der Waals surface area (Å²) in [6, 6.07) is 23.3. The minimum atomic E-state index is 0.623. The van der Waals surface area contributed by atoms with E-state index in [0.717, 1.165) is 28.4 Å². The molecule has 0 atom stereocenters. The summed E-state index contributed by atoms with van der Waals surface area (Å²) in [6.45, 7) is 0. The summed E-state index contributed by atoms with van der Waals surface area (Å²) in [5.41, 5.74) is 8.75. The number of benzene rings is 2. The fourth-order valence-corrected chi connectivity index (χ4v) is 2.56. The van der Waals surface area contributed by atoms with Gasteiger partial charge < -0.3 is 10.5 Å². The van der Waals surface area contributed by atoms with Gasteiger partial charge in [0.2, 0.25) is 0 Å². The van der Waals surface area contributed by atoms with Crippen LogP contribution in [0, 0.1) is 0 Å². The zero-order chi connectivity index (χ0) is 15.6. The van der Waals surface area contributed by atoms with Crippen LogP contribution in [0.5, 0.6) is 11.5 Å². The first-order valence-corrected chi connectivity index (χ1v) is 7.37. The van der Waals surface area contributed by atoms with E-state index >= 15 is 0 Å². The molecule has 0 aliphatic heterocycles. The molecule has 112 valence electrons. The predicted molar refractivity (Wildman–Crippen MR) is 91.6 cm³/mol. The third kappa shape index (κ3) is 2.51. The second kappa shape index (κ2) is 5.50. The third-order valence-corrected chi connectivity index (χ3v) is 3.65. The number of pyridine rings is 1. The van der Waals surface area contributed by atoms with Crippen LogP contribution in [-0.2, 0) is 0 Å². The van der Waals surface area contributed by atoms with Crippen molar-refractivity contribution in [3.8, 4) is 22.8 Å². The molecule has 0 amide bonds. The van der Waals surface area contributed by atoms with E-state index in [1.54, 1.807) is 0 Å². The molecular formula is C19H15N3O. The maximum absolute atomic E-state index is 6.23. The van der Waals surface area contributed by atoms with Gasteiger partial charge in [0.25, 0.3) is 0 Å². The van der Waals surface area contributed by atoms with E-state index in [0.29, 0.717) is 5.82 Å². The first kappa shape index (κ1) is 13.4. The molecule has 23 heavy (non-hydrogen) atoms. The molecular weight excluding hydrogens is 286 g/mol. The van der Waals surface area contributed by atoms with Crippen molar-refractivity contribution in [3.63, 3.8) is 0 Å². The van der Waals surface area contributed by atoms with Gasteiger partial charge in [-0.2, -0.15) is 0 Å². The standard InChI is InChI=1S/C19H15N3O/c20-19-18(21-17-11-4-5-12-22(17)19)14-7-6-10-16(13-14)23-15-8-2-1-3-9-15/h1-13H,20H2. The summed E-state index contributed by atoms with van der Waals surface area (Å²) < 4.78 is 7.75. The Kier molecular flexibility index (Phi) is 3.20. The third-order valence-electron chi connectivity index (χ3n) is 3.65. The zero-order valence-electron chi connectivity index (χ0n) is 12.4. The summed E-state index contributed by atoms with van der Waals surface area (Å²) in [6.07, 6.45) is 1.91. The number of para-hydroxylation sites is 1. The minimum Gasteiger partial charge on any atom is -0.457 e. The number of imidazole rings is 1. The normalized spacial score (nSPS) is 10.8. The van der Waals surface area contributed by atoms with Crippen molar-refractivity contribution in [2.24, 2.45) is 0 Å². The number of fused-ring (bicyclic) bond motifs is 1. The quantitative estimate of drug-likeness (QED) is 0.611. The van der Waals surface area contributed by atoms with E-state index in [1.165, 1.54) is 0 Å². The van der Waals surface area contributed by atoms with Crippen LogP contribution >= 0.6 is 0 Å². The molecule has 4 aromatic rings. The molecule has 2 aromatic heterocycles. The second-order valence-corrected chi connectivity index (χ2v) is 5.22. The first-order chi connectivity index (χ1) is 11.3. The molecule has 0 aliphatic carbocycles. The maximum atomic E-state index is 6.23. The van der Waals surface area contributed by atoms with Crippen LogP contribution in [-0.4, -0.2) is 9.38 Å². The van der Waals surface area contributed by atoms with Crippen molar-refractivity contribution in [2.75, 3.05) is 5.73 Å². The molecule has 2 N–H and O–H groups in total. The van der Waals surface area contributed by atoms with Crippen LogP contribution in [0.1, 0.15) is 0 Å². The van der Waals surface area contributed by atoms with Crippen LogP contribution in [0.15, 0.2) is 79.0 Å². The van der Waals surface area contributed by atoms with E-state index in [9.17, 15) is 0 Å². The lowest BCUT2D eigenvalue weighted by molar-refractivity contribution is 0.483. The van der Waals surface area contributed by atoms with Crippen molar-refractivity contribution < 1.29 is 4.74 Å². The summed E-state index contributed by atoms with van der Waals surface area (Å²) in [7, 11) is 0. The second-order valence-electron chi connectivity index (χ2n) is 5.22. The van der Waals surface area contributed by atoms with Gasteiger partial charge in [0.05, 0.1) is 0 Å². The van der Waals surface area contributed by atoms with Crippen molar-refractivity contribution in [3.05, 3.63) is 79.0 Å². The lowest BCUT2D eigenvalue weighted by Crippen LogP contribution is -1.93. The minimum absolute atomic E-state index is 0.623. The number of nitrogens with two attached hydrogens (primary N) is 1. The van der Waals surface area contributed by atoms with E-state index < -0.39 is 0 Å². The highest BCUT2D eigenvalue weighted by Crippen LogP contribution is 2.30. The smallest absolute Gasteiger partial charge is 0.139 e. The molecule has 0 fully saturated rings. The van der Waals surface area contributed by atoms with Crippen molar-refractivity contribution >= 4 is 11.5 Å². The van der Waals surface area contributed by atoms with Gasteiger partial charge in [-0.05, 0) is 36.4 Å². The number of anilines is 1. The zero-order valence-corrected chi connectivity index (χ0v) is 12.4. The Labute approximate surface area is 133 Å². The Balaban J connectivity index is 1.74. The summed E-state index contributed by atoms with van der Waals surface area (Å²) in [5, 5.41) is 0. The molecule has 0 saturated carbocycles. The molecule has 4 nitrogen and oxygen atoms in total. The van der Waals surface area contributed by atoms with Gasteiger partial charge in [-0.25, -0.2) is 4.98 Å². The van der Waals surface area contributed by atoms with Crippen LogP contribution in [0.4, 0.5) is 5.82 Å². The Bertz CT molecular complexity index is 961. The Morgan fingerprint density at radius 3 is 2.43 bits per heavy atom. The highest BCUT2D eigenvalue weighted by Gasteiger charge is 2.11. The summed E-state index contributed by atoms with van der Waals surface area (Å²) in [4.78, 5) is 4.61. The van der Waals surface area contributed by atoms with E-state index in [4.69, 9.17) is 10.5 Å². The van der Waals surface area contributed by atoms with E-state index in [-0.39, 0.29) is 0 Å². The largest absolute Gasteiger partial charge is 0.457 e. The first-order valence-electron chi connectivity index (χ1n) is 7.37. The average molecular weight is 301 g/mol. The van der Waals surface area contributed by atoms with Crippen LogP contribution in [0.25, 0.3) is 16.9 Å². The van der Waals surface area contributed by atoms with Gasteiger partial charge in [-0.1, -0.05) is 36.4 Å². The Morgan fingerprint density at radius 1 is 0.826 bits per heavy atom. The van der Waals surface area contributed by atoms with Crippen LogP contribution < -0.4 is 10.5 Å². The molecule has 0 saturated heterocycles. The fourth-order valence-electron chi connectivity index (χ4n) is 2.56. The molecule has 2 aromatic carbocycles. The van der Waals surface area contributed by atoms with Crippen molar-refractivity contribution in [1.82, 2.24) is 9.38 Å². The topological polar surface area (TPSA) is 52.5 Å². The number of nitrogen functional groups attached to an aromatic ring is 1. The lowest BCUT2D eigenvalue weighted by atomic mass is 10.1. The molecule has 0 aliphatic rings. The molecule has 0 spiro atoms. The molecule has 0 radical (unpaired) electrons.